The maximum atomic E-state index is 12.1. The maximum absolute atomic E-state index is 12.1. The summed E-state index contributed by atoms with van der Waals surface area (Å²) in [4.78, 5) is 31.6. The van der Waals surface area contributed by atoms with Crippen molar-refractivity contribution < 1.29 is 9.53 Å². The number of hydrogen-bond donors (Lipinski definition) is 1. The number of aromatic nitrogens is 2. The van der Waals surface area contributed by atoms with Gasteiger partial charge in [-0.05, 0) is 13.8 Å². The van der Waals surface area contributed by atoms with E-state index in [0.717, 1.165) is 0 Å². The molecule has 1 aromatic rings. The van der Waals surface area contributed by atoms with Crippen molar-refractivity contribution in [1.82, 2.24) is 14.9 Å². The zero-order chi connectivity index (χ0) is 13.8. The lowest BCUT2D eigenvalue weighted by Crippen LogP contribution is -2.48. The Bertz CT molecular complexity index is 495. The number of ether oxygens (including phenoxy) is 1. The molecule has 0 aliphatic carbocycles. The van der Waals surface area contributed by atoms with Crippen LogP contribution in [0.4, 0.5) is 0 Å². The number of aromatic amines is 1. The van der Waals surface area contributed by atoms with Crippen molar-refractivity contribution in [2.45, 2.75) is 31.2 Å². The van der Waals surface area contributed by atoms with E-state index < -0.39 is 0 Å². The van der Waals surface area contributed by atoms with Crippen LogP contribution >= 0.6 is 11.8 Å². The third-order valence-corrected chi connectivity index (χ3v) is 3.62. The highest BCUT2D eigenvalue weighted by atomic mass is 32.2. The molecule has 0 saturated carbocycles. The van der Waals surface area contributed by atoms with Crippen LogP contribution in [0.5, 0.6) is 0 Å². The lowest BCUT2D eigenvalue weighted by Gasteiger charge is -2.35. The van der Waals surface area contributed by atoms with Crippen LogP contribution in [0.1, 0.15) is 13.8 Å². The van der Waals surface area contributed by atoms with Crippen molar-refractivity contribution >= 4 is 17.7 Å². The molecule has 1 aliphatic heterocycles. The molecule has 2 atom stereocenters. The maximum Gasteiger partial charge on any atom is 0.251 e. The molecule has 1 aliphatic rings. The van der Waals surface area contributed by atoms with Gasteiger partial charge in [-0.1, -0.05) is 11.8 Å². The van der Waals surface area contributed by atoms with Gasteiger partial charge in [0.15, 0.2) is 5.16 Å². The van der Waals surface area contributed by atoms with E-state index in [-0.39, 0.29) is 29.4 Å². The molecular weight excluding hydrogens is 266 g/mol. The lowest BCUT2D eigenvalue weighted by molar-refractivity contribution is -0.140. The van der Waals surface area contributed by atoms with Gasteiger partial charge in [-0.2, -0.15) is 0 Å². The average Bonchev–Trinajstić information content (AvgIpc) is 2.35. The molecule has 1 N–H and O–H groups in total. The first kappa shape index (κ1) is 14.1. The molecule has 1 aromatic heterocycles. The first-order valence-electron chi connectivity index (χ1n) is 6.16. The third kappa shape index (κ3) is 4.07. The van der Waals surface area contributed by atoms with E-state index in [0.29, 0.717) is 18.2 Å². The number of nitrogens with one attached hydrogen (secondary N) is 1. The summed E-state index contributed by atoms with van der Waals surface area (Å²) in [5, 5.41) is 0.468. The zero-order valence-electron chi connectivity index (χ0n) is 11.0. The van der Waals surface area contributed by atoms with E-state index in [1.165, 1.54) is 24.0 Å². The summed E-state index contributed by atoms with van der Waals surface area (Å²) in [5.41, 5.74) is -0.210. The summed E-state index contributed by atoms with van der Waals surface area (Å²) in [7, 11) is 0. The Kier molecular flexibility index (Phi) is 4.60. The van der Waals surface area contributed by atoms with Crippen LogP contribution < -0.4 is 5.56 Å². The summed E-state index contributed by atoms with van der Waals surface area (Å²) in [6.45, 7) is 5.14. The second-order valence-electron chi connectivity index (χ2n) is 4.58. The van der Waals surface area contributed by atoms with Gasteiger partial charge < -0.3 is 14.6 Å². The van der Waals surface area contributed by atoms with E-state index in [9.17, 15) is 9.59 Å². The van der Waals surface area contributed by atoms with E-state index in [2.05, 4.69) is 9.97 Å². The predicted octanol–water partition coefficient (Wildman–Crippen LogP) is 0.498. The second kappa shape index (κ2) is 6.21. The normalized spacial score (nSPS) is 23.4. The van der Waals surface area contributed by atoms with Crippen molar-refractivity contribution in [3.8, 4) is 0 Å². The number of rotatable bonds is 3. The fraction of sp³-hybridized carbons (Fsp3) is 0.583. The number of thioether (sulfide) groups is 1. The van der Waals surface area contributed by atoms with Gasteiger partial charge in [0.25, 0.3) is 5.56 Å². The average molecular weight is 283 g/mol. The fourth-order valence-electron chi connectivity index (χ4n) is 2.03. The summed E-state index contributed by atoms with van der Waals surface area (Å²) in [5.74, 6) is 0.311. The number of hydrogen-bond acceptors (Lipinski definition) is 5. The summed E-state index contributed by atoms with van der Waals surface area (Å²) >= 11 is 1.24. The molecule has 0 unspecified atom stereocenters. The van der Waals surface area contributed by atoms with Crippen molar-refractivity contribution in [1.29, 1.82) is 0 Å². The molecule has 0 bridgehead atoms. The number of morpholine rings is 1. The Morgan fingerprint density at radius 3 is 2.84 bits per heavy atom. The largest absolute Gasteiger partial charge is 0.372 e. The van der Waals surface area contributed by atoms with Crippen LogP contribution in [0, 0.1) is 0 Å². The Morgan fingerprint density at radius 1 is 1.53 bits per heavy atom. The SMILES string of the molecule is C[C@@H]1CN(C(=O)CSc2nccc(=O)[nH]2)C[C@H](C)O1. The van der Waals surface area contributed by atoms with Crippen LogP contribution in [0.25, 0.3) is 0 Å². The van der Waals surface area contributed by atoms with E-state index in [1.807, 2.05) is 13.8 Å². The van der Waals surface area contributed by atoms with E-state index in [1.54, 1.807) is 4.90 Å². The molecule has 2 heterocycles. The lowest BCUT2D eigenvalue weighted by atomic mass is 10.2. The predicted molar refractivity (Wildman–Crippen MR) is 72.2 cm³/mol. The molecule has 104 valence electrons. The first-order valence-corrected chi connectivity index (χ1v) is 7.14. The van der Waals surface area contributed by atoms with Gasteiger partial charge in [-0.25, -0.2) is 4.98 Å². The molecule has 0 aromatic carbocycles. The van der Waals surface area contributed by atoms with Crippen LogP contribution in [0.15, 0.2) is 22.2 Å². The highest BCUT2D eigenvalue weighted by Gasteiger charge is 2.25. The monoisotopic (exact) mass is 283 g/mol. The fourth-order valence-corrected chi connectivity index (χ4v) is 2.78. The van der Waals surface area contributed by atoms with Crippen LogP contribution in [0.2, 0.25) is 0 Å². The number of carbonyl (C=O) groups excluding carboxylic acids is 1. The number of amides is 1. The zero-order valence-corrected chi connectivity index (χ0v) is 11.8. The van der Waals surface area contributed by atoms with Crippen LogP contribution in [-0.2, 0) is 9.53 Å². The van der Waals surface area contributed by atoms with Crippen LogP contribution in [0.3, 0.4) is 0 Å². The first-order chi connectivity index (χ1) is 9.04. The smallest absolute Gasteiger partial charge is 0.251 e. The summed E-state index contributed by atoms with van der Waals surface area (Å²) in [6, 6.07) is 1.34. The van der Waals surface area contributed by atoms with Gasteiger partial charge >= 0.3 is 0 Å². The highest BCUT2D eigenvalue weighted by molar-refractivity contribution is 7.99. The molecule has 2 rings (SSSR count). The Hall–Kier alpha value is -1.34. The van der Waals surface area contributed by atoms with E-state index in [4.69, 9.17) is 4.74 Å². The standard InChI is InChI=1S/C12H17N3O3S/c1-8-5-15(6-9(2)18-8)11(17)7-19-12-13-4-3-10(16)14-12/h3-4,8-9H,5-7H2,1-2H3,(H,13,14,16)/t8-,9+. The minimum absolute atomic E-state index is 0.0403. The van der Waals surface area contributed by atoms with Crippen molar-refractivity contribution in [2.24, 2.45) is 0 Å². The quantitative estimate of drug-likeness (QED) is 0.646. The summed E-state index contributed by atoms with van der Waals surface area (Å²) in [6.07, 6.45) is 1.56. The number of carbonyl (C=O) groups is 1. The Balaban J connectivity index is 1.89. The molecule has 1 amide bonds. The van der Waals surface area contributed by atoms with Gasteiger partial charge in [0, 0.05) is 25.4 Å². The molecule has 0 spiro atoms. The van der Waals surface area contributed by atoms with Gasteiger partial charge in [-0.15, -0.1) is 0 Å². The van der Waals surface area contributed by atoms with Gasteiger partial charge in [-0.3, -0.25) is 9.59 Å². The van der Waals surface area contributed by atoms with Gasteiger partial charge in [0.2, 0.25) is 5.91 Å². The minimum Gasteiger partial charge on any atom is -0.372 e. The Morgan fingerprint density at radius 2 is 2.21 bits per heavy atom. The Labute approximate surface area is 115 Å². The highest BCUT2D eigenvalue weighted by Crippen LogP contribution is 2.15. The third-order valence-electron chi connectivity index (χ3n) is 2.75. The van der Waals surface area contributed by atoms with Crippen molar-refractivity contribution in [3.63, 3.8) is 0 Å². The van der Waals surface area contributed by atoms with Crippen molar-refractivity contribution in [3.05, 3.63) is 22.6 Å². The summed E-state index contributed by atoms with van der Waals surface area (Å²) < 4.78 is 5.58. The minimum atomic E-state index is -0.210. The second-order valence-corrected chi connectivity index (χ2v) is 5.55. The number of nitrogens with zero attached hydrogens (tertiary/aromatic N) is 2. The molecular formula is C12H17N3O3S. The molecule has 7 heteroatoms. The molecule has 19 heavy (non-hydrogen) atoms. The molecule has 6 nitrogen and oxygen atoms in total. The van der Waals surface area contributed by atoms with E-state index >= 15 is 0 Å². The number of H-pyrrole nitrogens is 1. The van der Waals surface area contributed by atoms with Crippen molar-refractivity contribution in [2.75, 3.05) is 18.8 Å². The van der Waals surface area contributed by atoms with Gasteiger partial charge in [0.05, 0.1) is 18.0 Å². The van der Waals surface area contributed by atoms with Crippen LogP contribution in [-0.4, -0.2) is 51.8 Å². The van der Waals surface area contributed by atoms with Gasteiger partial charge in [0.1, 0.15) is 0 Å². The molecule has 1 saturated heterocycles. The topological polar surface area (TPSA) is 75.3 Å². The molecule has 1 fully saturated rings. The molecule has 0 radical (unpaired) electrons.